The lowest BCUT2D eigenvalue weighted by Crippen LogP contribution is -2.25. The van der Waals surface area contributed by atoms with Crippen molar-refractivity contribution in [1.82, 2.24) is 9.97 Å². The minimum Gasteiger partial charge on any atom is -0.429 e. The highest BCUT2D eigenvalue weighted by atomic mass is 19.3. The molecule has 13 heteroatoms. The molecule has 5 rings (SSSR count). The number of halogens is 10. The number of aryl methyl sites for hydroxylation is 1. The number of aromatic nitrogens is 2. The van der Waals surface area contributed by atoms with E-state index in [1.54, 1.807) is 12.4 Å². The van der Waals surface area contributed by atoms with Crippen molar-refractivity contribution in [2.45, 2.75) is 38.7 Å². The lowest BCUT2D eigenvalue weighted by atomic mass is 10.00. The summed E-state index contributed by atoms with van der Waals surface area (Å²) in [6, 6.07) is 7.60. The standard InChI is InChI=1S/C36H24F10N2O/c1-2-3-4-5-19-17-47-35(48-18-19)20-6-8-24(27(37)10-20)22-13-31(41)34(32(42)14-22)36(45,46)49-23-7-9-25(30(40)15-23)21-11-28(38)26(16-33(43)44)29(39)12-21/h6-18H,2-5H2,1H3. The van der Waals surface area contributed by atoms with Crippen LogP contribution in [0.2, 0.25) is 0 Å². The fourth-order valence-corrected chi connectivity index (χ4v) is 5.09. The van der Waals surface area contributed by atoms with Crippen molar-refractivity contribution in [2.24, 2.45) is 0 Å². The molecule has 0 radical (unpaired) electrons. The Morgan fingerprint density at radius 1 is 0.673 bits per heavy atom. The summed E-state index contributed by atoms with van der Waals surface area (Å²) in [5.41, 5.74) is -3.44. The van der Waals surface area contributed by atoms with Crippen molar-refractivity contribution >= 4 is 6.08 Å². The third-order valence-corrected chi connectivity index (χ3v) is 7.48. The summed E-state index contributed by atoms with van der Waals surface area (Å²) < 4.78 is 148. The normalized spacial score (nSPS) is 11.5. The molecule has 49 heavy (non-hydrogen) atoms. The van der Waals surface area contributed by atoms with Crippen molar-refractivity contribution in [2.75, 3.05) is 0 Å². The molecule has 0 atom stereocenters. The van der Waals surface area contributed by atoms with Gasteiger partial charge in [0.25, 0.3) is 6.08 Å². The van der Waals surface area contributed by atoms with Crippen LogP contribution in [-0.4, -0.2) is 9.97 Å². The van der Waals surface area contributed by atoms with Crippen molar-refractivity contribution in [3.8, 4) is 39.4 Å². The number of hydrogen-bond acceptors (Lipinski definition) is 3. The Balaban J connectivity index is 1.36. The topological polar surface area (TPSA) is 35.0 Å². The van der Waals surface area contributed by atoms with Gasteiger partial charge in [0.05, 0.1) is 5.56 Å². The quantitative estimate of drug-likeness (QED) is 0.102. The lowest BCUT2D eigenvalue weighted by molar-refractivity contribution is -0.189. The number of benzene rings is 4. The number of ether oxygens (including phenoxy) is 1. The minimum absolute atomic E-state index is 0.0636. The SMILES string of the molecule is CCCCCc1cnc(-c2ccc(-c3cc(F)c(C(F)(F)Oc4ccc(-c5cc(F)c(C=C(F)F)c(F)c5)c(F)c4)c(F)c3)c(F)c2)nc1. The number of rotatable bonds is 11. The molecular weight excluding hydrogens is 666 g/mol. The first kappa shape index (κ1) is 35.1. The van der Waals surface area contributed by atoms with E-state index in [-0.39, 0.29) is 23.0 Å². The molecule has 5 aromatic rings. The smallest absolute Gasteiger partial charge is 0.429 e. The van der Waals surface area contributed by atoms with Gasteiger partial charge < -0.3 is 4.74 Å². The molecule has 0 saturated heterocycles. The summed E-state index contributed by atoms with van der Waals surface area (Å²) in [5, 5.41) is 0. The van der Waals surface area contributed by atoms with Crippen molar-refractivity contribution < 1.29 is 48.6 Å². The molecule has 4 aromatic carbocycles. The molecule has 0 amide bonds. The van der Waals surface area contributed by atoms with Crippen LogP contribution < -0.4 is 4.74 Å². The van der Waals surface area contributed by atoms with Crippen LogP contribution in [0.1, 0.15) is 42.9 Å². The summed E-state index contributed by atoms with van der Waals surface area (Å²) in [4.78, 5) is 8.49. The first-order valence-corrected chi connectivity index (χ1v) is 14.8. The largest absolute Gasteiger partial charge is 0.432 e. The summed E-state index contributed by atoms with van der Waals surface area (Å²) in [7, 11) is 0. The molecule has 0 bridgehead atoms. The predicted octanol–water partition coefficient (Wildman–Crippen LogP) is 11.4. The van der Waals surface area contributed by atoms with E-state index in [0.717, 1.165) is 49.4 Å². The van der Waals surface area contributed by atoms with Gasteiger partial charge in [0.2, 0.25) is 0 Å². The maximum Gasteiger partial charge on any atom is 0.432 e. The first-order valence-electron chi connectivity index (χ1n) is 14.8. The van der Waals surface area contributed by atoms with Crippen LogP contribution in [-0.2, 0) is 12.5 Å². The molecule has 0 N–H and O–H groups in total. The van der Waals surface area contributed by atoms with E-state index in [9.17, 15) is 22.0 Å². The summed E-state index contributed by atoms with van der Waals surface area (Å²) in [6.07, 6.45) is -0.0587. The Hall–Kier alpha value is -5.20. The molecule has 0 aliphatic heterocycles. The number of alkyl halides is 2. The van der Waals surface area contributed by atoms with Gasteiger partial charge in [-0.25, -0.2) is 36.3 Å². The van der Waals surface area contributed by atoms with Gasteiger partial charge in [-0.15, -0.1) is 0 Å². The zero-order valence-corrected chi connectivity index (χ0v) is 25.4. The first-order chi connectivity index (χ1) is 23.3. The van der Waals surface area contributed by atoms with Crippen LogP contribution >= 0.6 is 0 Å². The minimum atomic E-state index is -4.72. The lowest BCUT2D eigenvalue weighted by Gasteiger charge is -2.20. The molecule has 0 spiro atoms. The van der Waals surface area contributed by atoms with Gasteiger partial charge in [0, 0.05) is 41.2 Å². The predicted molar refractivity (Wildman–Crippen MR) is 162 cm³/mol. The van der Waals surface area contributed by atoms with E-state index in [1.165, 1.54) is 12.1 Å². The van der Waals surface area contributed by atoms with Crippen LogP contribution in [0.3, 0.4) is 0 Å². The second-order valence-electron chi connectivity index (χ2n) is 10.9. The summed E-state index contributed by atoms with van der Waals surface area (Å²) >= 11 is 0. The molecule has 1 aromatic heterocycles. The molecule has 254 valence electrons. The number of unbranched alkanes of at least 4 members (excludes halogenated alkanes) is 2. The van der Waals surface area contributed by atoms with E-state index in [4.69, 9.17) is 0 Å². The van der Waals surface area contributed by atoms with E-state index in [1.807, 2.05) is 0 Å². The monoisotopic (exact) mass is 690 g/mol. The molecule has 3 nitrogen and oxygen atoms in total. The molecule has 0 aliphatic carbocycles. The second kappa shape index (κ2) is 14.5. The average Bonchev–Trinajstić information content (AvgIpc) is 3.02. The van der Waals surface area contributed by atoms with Gasteiger partial charge in [-0.05, 0) is 72.0 Å². The highest BCUT2D eigenvalue weighted by Gasteiger charge is 2.41. The third-order valence-electron chi connectivity index (χ3n) is 7.48. The fourth-order valence-electron chi connectivity index (χ4n) is 5.09. The molecule has 0 aliphatic rings. The Labute approximate surface area is 273 Å². The van der Waals surface area contributed by atoms with E-state index in [0.29, 0.717) is 30.3 Å². The van der Waals surface area contributed by atoms with Crippen LogP contribution in [0.5, 0.6) is 5.75 Å². The molecule has 0 fully saturated rings. The third kappa shape index (κ3) is 7.93. The van der Waals surface area contributed by atoms with Crippen molar-refractivity contribution in [1.29, 1.82) is 0 Å². The molecule has 1 heterocycles. The molecular formula is C36H24F10N2O. The highest BCUT2D eigenvalue weighted by Crippen LogP contribution is 2.39. The van der Waals surface area contributed by atoms with E-state index < -0.39 is 80.7 Å². The molecule has 0 unspecified atom stereocenters. The maximum absolute atomic E-state index is 15.1. The van der Waals surface area contributed by atoms with Gasteiger partial charge in [-0.1, -0.05) is 31.9 Å². The Morgan fingerprint density at radius 3 is 1.73 bits per heavy atom. The van der Waals surface area contributed by atoms with Gasteiger partial charge in [0.1, 0.15) is 46.2 Å². The number of nitrogens with zero attached hydrogens (tertiary/aromatic N) is 2. The zero-order chi connectivity index (χ0) is 35.5. The van der Waals surface area contributed by atoms with Gasteiger partial charge in [-0.2, -0.15) is 17.6 Å². The van der Waals surface area contributed by atoms with Crippen LogP contribution in [0.25, 0.3) is 39.7 Å². The van der Waals surface area contributed by atoms with Crippen LogP contribution in [0.15, 0.2) is 79.1 Å². The summed E-state index contributed by atoms with van der Waals surface area (Å²) in [5.74, 6) is -9.48. The van der Waals surface area contributed by atoms with Crippen LogP contribution in [0.4, 0.5) is 43.9 Å². The highest BCUT2D eigenvalue weighted by molar-refractivity contribution is 5.70. The van der Waals surface area contributed by atoms with Crippen LogP contribution in [0, 0.1) is 34.9 Å². The van der Waals surface area contributed by atoms with E-state index in [2.05, 4.69) is 21.6 Å². The fraction of sp³-hybridized carbons (Fsp3) is 0.167. The maximum atomic E-state index is 15.1. The Morgan fingerprint density at radius 2 is 1.20 bits per heavy atom. The van der Waals surface area contributed by atoms with E-state index >= 15 is 22.0 Å². The van der Waals surface area contributed by atoms with Gasteiger partial charge in [0.15, 0.2) is 5.82 Å². The van der Waals surface area contributed by atoms with Gasteiger partial charge in [-0.3, -0.25) is 0 Å². The van der Waals surface area contributed by atoms with Crippen molar-refractivity contribution in [3.05, 3.63) is 131 Å². The zero-order valence-electron chi connectivity index (χ0n) is 25.4. The van der Waals surface area contributed by atoms with Gasteiger partial charge >= 0.3 is 6.11 Å². The second-order valence-corrected chi connectivity index (χ2v) is 10.9. The average molecular weight is 691 g/mol. The summed E-state index contributed by atoms with van der Waals surface area (Å²) in [6.45, 7) is 2.08. The van der Waals surface area contributed by atoms with Crippen molar-refractivity contribution in [3.63, 3.8) is 0 Å². The molecule has 0 saturated carbocycles. The Kier molecular flexibility index (Phi) is 10.4. The number of hydrogen-bond donors (Lipinski definition) is 0. The Bertz CT molecular complexity index is 1980.